The quantitative estimate of drug-likeness (QED) is 0.889. The maximum Gasteiger partial charge on any atom is 0.326 e. The van der Waals surface area contributed by atoms with Crippen LogP contribution < -0.4 is 4.90 Å². The van der Waals surface area contributed by atoms with Crippen molar-refractivity contribution in [3.8, 4) is 0 Å². The number of nitrogens with zero attached hydrogens (tertiary/aromatic N) is 1. The summed E-state index contributed by atoms with van der Waals surface area (Å²) < 4.78 is 0. The smallest absolute Gasteiger partial charge is 0.326 e. The summed E-state index contributed by atoms with van der Waals surface area (Å²) >= 11 is 0. The zero-order chi connectivity index (χ0) is 13.0. The number of carbonyl (C=O) groups is 1. The lowest BCUT2D eigenvalue weighted by Gasteiger charge is -2.31. The molecule has 98 valence electrons. The van der Waals surface area contributed by atoms with Gasteiger partial charge < -0.3 is 10.0 Å². The summed E-state index contributed by atoms with van der Waals surface area (Å²) in [6, 6.07) is 7.85. The third kappa shape index (κ3) is 2.66. The first-order valence-corrected chi connectivity index (χ1v) is 6.81. The van der Waals surface area contributed by atoms with E-state index in [0.29, 0.717) is 6.42 Å². The van der Waals surface area contributed by atoms with Crippen molar-refractivity contribution in [3.05, 3.63) is 29.8 Å². The lowest BCUT2D eigenvalue weighted by molar-refractivity contribution is -0.138. The predicted octanol–water partition coefficient (Wildman–Crippen LogP) is 3.08. The minimum absolute atomic E-state index is 0.380. The topological polar surface area (TPSA) is 40.5 Å². The highest BCUT2D eigenvalue weighted by Crippen LogP contribution is 2.28. The monoisotopic (exact) mass is 247 g/mol. The zero-order valence-corrected chi connectivity index (χ0v) is 10.9. The van der Waals surface area contributed by atoms with Crippen LogP contribution in [0.15, 0.2) is 24.3 Å². The van der Waals surface area contributed by atoms with E-state index < -0.39 is 5.97 Å². The average Bonchev–Trinajstić information content (AvgIpc) is 2.58. The Hall–Kier alpha value is -1.51. The van der Waals surface area contributed by atoms with E-state index in [1.54, 1.807) is 0 Å². The molecule has 1 N–H and O–H groups in total. The molecule has 18 heavy (non-hydrogen) atoms. The van der Waals surface area contributed by atoms with Gasteiger partial charge in [-0.15, -0.1) is 0 Å². The van der Waals surface area contributed by atoms with Crippen LogP contribution in [-0.2, 0) is 11.2 Å². The fourth-order valence-electron chi connectivity index (χ4n) is 2.73. The van der Waals surface area contributed by atoms with E-state index in [4.69, 9.17) is 0 Å². The largest absolute Gasteiger partial charge is 0.480 e. The van der Waals surface area contributed by atoms with E-state index in [0.717, 1.165) is 37.9 Å². The third-order valence-corrected chi connectivity index (χ3v) is 3.62. The second-order valence-electron chi connectivity index (χ2n) is 4.92. The van der Waals surface area contributed by atoms with Crippen molar-refractivity contribution < 1.29 is 9.90 Å². The average molecular weight is 247 g/mol. The number of aryl methyl sites for hydroxylation is 1. The molecule has 1 unspecified atom stereocenters. The Labute approximate surface area is 108 Å². The summed E-state index contributed by atoms with van der Waals surface area (Å²) in [5.41, 5.74) is 2.41. The lowest BCUT2D eigenvalue weighted by atomic mass is 10.1. The molecule has 1 aromatic rings. The van der Waals surface area contributed by atoms with Crippen molar-refractivity contribution in [1.82, 2.24) is 0 Å². The number of rotatable bonds is 4. The molecule has 1 heterocycles. The van der Waals surface area contributed by atoms with Gasteiger partial charge in [0.1, 0.15) is 6.04 Å². The maximum absolute atomic E-state index is 11.5. The van der Waals surface area contributed by atoms with Crippen LogP contribution in [-0.4, -0.2) is 23.7 Å². The van der Waals surface area contributed by atoms with Crippen LogP contribution in [0.25, 0.3) is 0 Å². The van der Waals surface area contributed by atoms with Gasteiger partial charge in [-0.3, -0.25) is 0 Å². The first kappa shape index (κ1) is 12.9. The number of aliphatic carboxylic acids is 1. The second-order valence-corrected chi connectivity index (χ2v) is 4.92. The van der Waals surface area contributed by atoms with Crippen LogP contribution in [0, 0.1) is 0 Å². The molecule has 0 saturated carbocycles. The van der Waals surface area contributed by atoms with Gasteiger partial charge in [0.2, 0.25) is 0 Å². The van der Waals surface area contributed by atoms with E-state index in [-0.39, 0.29) is 6.04 Å². The van der Waals surface area contributed by atoms with E-state index in [9.17, 15) is 9.90 Å². The number of fused-ring (bicyclic) bond motifs is 1. The molecule has 3 nitrogen and oxygen atoms in total. The van der Waals surface area contributed by atoms with E-state index >= 15 is 0 Å². The summed E-state index contributed by atoms with van der Waals surface area (Å²) in [6.07, 6.45) is 4.89. The van der Waals surface area contributed by atoms with Crippen LogP contribution in [0.3, 0.4) is 0 Å². The molecule has 0 aliphatic carbocycles. The van der Waals surface area contributed by atoms with Gasteiger partial charge in [-0.2, -0.15) is 0 Å². The van der Waals surface area contributed by atoms with Crippen molar-refractivity contribution in [2.45, 2.75) is 45.1 Å². The van der Waals surface area contributed by atoms with Crippen LogP contribution in [0.4, 0.5) is 5.69 Å². The number of carboxylic acids is 1. The molecule has 0 aromatic heterocycles. The van der Waals surface area contributed by atoms with Crippen LogP contribution in [0.2, 0.25) is 0 Å². The minimum atomic E-state index is -0.700. The molecule has 0 bridgehead atoms. The number of anilines is 1. The van der Waals surface area contributed by atoms with E-state index in [1.807, 2.05) is 19.1 Å². The summed E-state index contributed by atoms with van der Waals surface area (Å²) in [4.78, 5) is 13.6. The molecule has 1 aromatic carbocycles. The fourth-order valence-corrected chi connectivity index (χ4v) is 2.73. The minimum Gasteiger partial charge on any atom is -0.480 e. The summed E-state index contributed by atoms with van der Waals surface area (Å²) in [7, 11) is 0. The molecular formula is C15H21NO2. The van der Waals surface area contributed by atoms with Gasteiger partial charge in [-0.25, -0.2) is 4.79 Å². The molecular weight excluding hydrogens is 226 g/mol. The molecule has 0 saturated heterocycles. The highest BCUT2D eigenvalue weighted by atomic mass is 16.4. The van der Waals surface area contributed by atoms with Gasteiger partial charge >= 0.3 is 5.97 Å². The predicted molar refractivity (Wildman–Crippen MR) is 73.1 cm³/mol. The van der Waals surface area contributed by atoms with Gasteiger partial charge in [-0.05, 0) is 37.3 Å². The first-order valence-electron chi connectivity index (χ1n) is 6.81. The van der Waals surface area contributed by atoms with Crippen molar-refractivity contribution >= 4 is 11.7 Å². The SMILES string of the molecule is CCCC(C(=O)O)N1CCCCc2ccccc21. The maximum atomic E-state index is 11.5. The highest BCUT2D eigenvalue weighted by molar-refractivity contribution is 5.78. The van der Waals surface area contributed by atoms with Crippen LogP contribution >= 0.6 is 0 Å². The third-order valence-electron chi connectivity index (χ3n) is 3.62. The lowest BCUT2D eigenvalue weighted by Crippen LogP contribution is -2.41. The number of benzene rings is 1. The summed E-state index contributed by atoms with van der Waals surface area (Å²) in [5, 5.41) is 9.43. The van der Waals surface area contributed by atoms with Crippen LogP contribution in [0.1, 0.15) is 38.2 Å². The standard InChI is InChI=1S/C15H21NO2/c1-2-7-14(15(17)18)16-11-6-5-9-12-8-3-4-10-13(12)16/h3-4,8,10,14H,2,5-7,9,11H2,1H3,(H,17,18). The number of carboxylic acid groups (broad SMARTS) is 1. The van der Waals surface area contributed by atoms with Gasteiger partial charge in [0, 0.05) is 12.2 Å². The molecule has 1 atom stereocenters. The fraction of sp³-hybridized carbons (Fsp3) is 0.533. The molecule has 0 fully saturated rings. The normalized spacial score (nSPS) is 16.8. The van der Waals surface area contributed by atoms with Gasteiger partial charge in [0.25, 0.3) is 0 Å². The Kier molecular flexibility index (Phi) is 4.24. The van der Waals surface area contributed by atoms with E-state index in [2.05, 4.69) is 17.0 Å². The molecule has 0 spiro atoms. The molecule has 0 amide bonds. The molecule has 1 aliphatic heterocycles. The Morgan fingerprint density at radius 2 is 2.17 bits per heavy atom. The molecule has 1 aliphatic rings. The Bertz CT molecular complexity index is 417. The van der Waals surface area contributed by atoms with E-state index in [1.165, 1.54) is 5.56 Å². The molecule has 3 heteroatoms. The molecule has 0 radical (unpaired) electrons. The Morgan fingerprint density at radius 1 is 1.39 bits per heavy atom. The van der Waals surface area contributed by atoms with Crippen molar-refractivity contribution in [3.63, 3.8) is 0 Å². The summed E-state index contributed by atoms with van der Waals surface area (Å²) in [5.74, 6) is -0.700. The van der Waals surface area contributed by atoms with Crippen molar-refractivity contribution in [2.24, 2.45) is 0 Å². The Morgan fingerprint density at radius 3 is 2.89 bits per heavy atom. The van der Waals surface area contributed by atoms with Gasteiger partial charge in [0.05, 0.1) is 0 Å². The second kappa shape index (κ2) is 5.89. The number of para-hydroxylation sites is 1. The first-order chi connectivity index (χ1) is 8.74. The van der Waals surface area contributed by atoms with Gasteiger partial charge in [-0.1, -0.05) is 31.5 Å². The van der Waals surface area contributed by atoms with Crippen molar-refractivity contribution in [1.29, 1.82) is 0 Å². The zero-order valence-electron chi connectivity index (χ0n) is 10.9. The number of hydrogen-bond donors (Lipinski definition) is 1. The van der Waals surface area contributed by atoms with Crippen molar-refractivity contribution in [2.75, 3.05) is 11.4 Å². The molecule has 2 rings (SSSR count). The van der Waals surface area contributed by atoms with Crippen LogP contribution in [0.5, 0.6) is 0 Å². The highest BCUT2D eigenvalue weighted by Gasteiger charge is 2.27. The van der Waals surface area contributed by atoms with Gasteiger partial charge in [0.15, 0.2) is 0 Å². The number of hydrogen-bond acceptors (Lipinski definition) is 2. The summed E-state index contributed by atoms with van der Waals surface area (Å²) in [6.45, 7) is 2.90. The Balaban J connectivity index is 2.33.